The van der Waals surface area contributed by atoms with E-state index in [1.807, 2.05) is 18.2 Å². The lowest BCUT2D eigenvalue weighted by atomic mass is 10.0. The van der Waals surface area contributed by atoms with Gasteiger partial charge in [0.2, 0.25) is 0 Å². The predicted molar refractivity (Wildman–Crippen MR) is 106 cm³/mol. The summed E-state index contributed by atoms with van der Waals surface area (Å²) in [5, 5.41) is 5.72. The maximum atomic E-state index is 12.5. The van der Waals surface area contributed by atoms with E-state index in [1.54, 1.807) is 12.5 Å². The molecule has 7 heteroatoms. The van der Waals surface area contributed by atoms with Gasteiger partial charge in [0.15, 0.2) is 0 Å². The average Bonchev–Trinajstić information content (AvgIpc) is 3.14. The fraction of sp³-hybridized carbons (Fsp3) is 0.474. The molecule has 0 bridgehead atoms. The molecule has 1 unspecified atom stereocenters. The highest BCUT2D eigenvalue weighted by Gasteiger charge is 2.20. The van der Waals surface area contributed by atoms with Crippen molar-refractivity contribution >= 4 is 17.2 Å². The fourth-order valence-corrected chi connectivity index (χ4v) is 3.70. The van der Waals surface area contributed by atoms with Crippen molar-refractivity contribution in [1.82, 2.24) is 15.2 Å². The SMILES string of the molecule is CCN(CC)C(CNC(=O)c1csc(CCN)n1)c1cccc(OC)c1. The second-order valence-corrected chi connectivity index (χ2v) is 6.83. The van der Waals surface area contributed by atoms with Crippen molar-refractivity contribution in [3.63, 3.8) is 0 Å². The third-order valence-corrected chi connectivity index (χ3v) is 5.24. The molecule has 1 heterocycles. The number of hydrogen-bond donors (Lipinski definition) is 2. The van der Waals surface area contributed by atoms with Gasteiger partial charge in [-0.25, -0.2) is 4.98 Å². The first kappa shape index (κ1) is 20.4. The molecular formula is C19H28N4O2S. The standard InChI is InChI=1S/C19H28N4O2S/c1-4-23(5-2)17(14-7-6-8-15(11-14)25-3)12-21-19(24)16-13-26-18(22-16)9-10-20/h6-8,11,13,17H,4-5,9-10,12,20H2,1-3H3,(H,21,24). The molecule has 0 fully saturated rings. The Hall–Kier alpha value is -1.96. The highest BCUT2D eigenvalue weighted by Crippen LogP contribution is 2.24. The van der Waals surface area contributed by atoms with Gasteiger partial charge < -0.3 is 15.8 Å². The van der Waals surface area contributed by atoms with Gasteiger partial charge in [0, 0.05) is 18.3 Å². The Morgan fingerprint density at radius 3 is 2.81 bits per heavy atom. The monoisotopic (exact) mass is 376 g/mol. The number of thiazole rings is 1. The molecule has 142 valence electrons. The molecule has 2 aromatic rings. The molecule has 1 aromatic heterocycles. The fourth-order valence-electron chi connectivity index (χ4n) is 2.90. The van der Waals surface area contributed by atoms with Crippen molar-refractivity contribution < 1.29 is 9.53 Å². The highest BCUT2D eigenvalue weighted by atomic mass is 32.1. The molecule has 0 aliphatic rings. The summed E-state index contributed by atoms with van der Waals surface area (Å²) in [5.41, 5.74) is 7.13. The molecule has 26 heavy (non-hydrogen) atoms. The summed E-state index contributed by atoms with van der Waals surface area (Å²) in [6.07, 6.45) is 0.698. The van der Waals surface area contributed by atoms with E-state index in [0.29, 0.717) is 25.2 Å². The van der Waals surface area contributed by atoms with Gasteiger partial charge in [-0.15, -0.1) is 11.3 Å². The van der Waals surface area contributed by atoms with Gasteiger partial charge in [-0.2, -0.15) is 0 Å². The molecule has 0 aliphatic carbocycles. The van der Waals surface area contributed by atoms with Gasteiger partial charge in [0.25, 0.3) is 5.91 Å². The van der Waals surface area contributed by atoms with Gasteiger partial charge in [0.1, 0.15) is 11.4 Å². The van der Waals surface area contributed by atoms with Crippen LogP contribution in [0, 0.1) is 0 Å². The van der Waals surface area contributed by atoms with Crippen LogP contribution in [0.4, 0.5) is 0 Å². The van der Waals surface area contributed by atoms with Crippen LogP contribution in [0.2, 0.25) is 0 Å². The van der Waals surface area contributed by atoms with Gasteiger partial charge in [-0.05, 0) is 37.3 Å². The summed E-state index contributed by atoms with van der Waals surface area (Å²) in [7, 11) is 1.66. The number of amides is 1. The summed E-state index contributed by atoms with van der Waals surface area (Å²) in [6.45, 7) is 7.08. The molecule has 1 atom stereocenters. The number of rotatable bonds is 10. The molecule has 6 nitrogen and oxygen atoms in total. The van der Waals surface area contributed by atoms with Gasteiger partial charge in [-0.3, -0.25) is 9.69 Å². The Kier molecular flexibility index (Phi) is 8.03. The van der Waals surface area contributed by atoms with E-state index in [1.165, 1.54) is 11.3 Å². The number of methoxy groups -OCH3 is 1. The van der Waals surface area contributed by atoms with Crippen LogP contribution in [-0.2, 0) is 6.42 Å². The van der Waals surface area contributed by atoms with Crippen molar-refractivity contribution in [2.24, 2.45) is 5.73 Å². The third kappa shape index (κ3) is 5.27. The van der Waals surface area contributed by atoms with Gasteiger partial charge in [0.05, 0.1) is 18.2 Å². The quantitative estimate of drug-likeness (QED) is 0.666. The first-order chi connectivity index (χ1) is 12.6. The number of nitrogens with two attached hydrogens (primary N) is 1. The zero-order valence-electron chi connectivity index (χ0n) is 15.7. The van der Waals surface area contributed by atoms with E-state index in [-0.39, 0.29) is 11.9 Å². The first-order valence-electron chi connectivity index (χ1n) is 8.93. The second kappa shape index (κ2) is 10.3. The number of nitrogens with zero attached hydrogens (tertiary/aromatic N) is 2. The van der Waals surface area contributed by atoms with Crippen LogP contribution in [0.15, 0.2) is 29.6 Å². The number of carbonyl (C=O) groups is 1. The lowest BCUT2D eigenvalue weighted by Gasteiger charge is -2.30. The van der Waals surface area contributed by atoms with Crippen LogP contribution in [0.1, 0.15) is 40.9 Å². The lowest BCUT2D eigenvalue weighted by molar-refractivity contribution is 0.0930. The molecule has 0 radical (unpaired) electrons. The molecule has 0 saturated heterocycles. The molecule has 0 saturated carbocycles. The van der Waals surface area contributed by atoms with E-state index in [4.69, 9.17) is 10.5 Å². The number of ether oxygens (including phenoxy) is 1. The number of hydrogen-bond acceptors (Lipinski definition) is 6. The van der Waals surface area contributed by atoms with Gasteiger partial charge in [-0.1, -0.05) is 26.0 Å². The molecule has 2 rings (SSSR count). The average molecular weight is 377 g/mol. The number of likely N-dealkylation sites (N-methyl/N-ethyl adjacent to an activating group) is 1. The Balaban J connectivity index is 2.11. The predicted octanol–water partition coefficient (Wildman–Crippen LogP) is 2.47. The Morgan fingerprint density at radius 2 is 2.15 bits per heavy atom. The van der Waals surface area contributed by atoms with Crippen LogP contribution in [0.25, 0.3) is 0 Å². The molecule has 1 amide bonds. The summed E-state index contributed by atoms with van der Waals surface area (Å²) < 4.78 is 5.35. The largest absolute Gasteiger partial charge is 0.497 e. The Labute approximate surface area is 159 Å². The normalized spacial score (nSPS) is 12.2. The minimum atomic E-state index is -0.149. The lowest BCUT2D eigenvalue weighted by Crippen LogP contribution is -2.38. The van der Waals surface area contributed by atoms with Crippen molar-refractivity contribution in [1.29, 1.82) is 0 Å². The Bertz CT molecular complexity index is 700. The van der Waals surface area contributed by atoms with Crippen molar-refractivity contribution in [2.75, 3.05) is 33.3 Å². The molecule has 1 aromatic carbocycles. The van der Waals surface area contributed by atoms with Crippen molar-refractivity contribution in [3.8, 4) is 5.75 Å². The first-order valence-corrected chi connectivity index (χ1v) is 9.81. The number of carbonyl (C=O) groups excluding carboxylic acids is 1. The summed E-state index contributed by atoms with van der Waals surface area (Å²) in [4.78, 5) is 19.2. The minimum Gasteiger partial charge on any atom is -0.497 e. The smallest absolute Gasteiger partial charge is 0.270 e. The van der Waals surface area contributed by atoms with Crippen LogP contribution in [0.3, 0.4) is 0 Å². The molecule has 3 N–H and O–H groups in total. The van der Waals surface area contributed by atoms with E-state index >= 15 is 0 Å². The summed E-state index contributed by atoms with van der Waals surface area (Å²) >= 11 is 1.47. The number of nitrogens with one attached hydrogen (secondary N) is 1. The zero-order chi connectivity index (χ0) is 18.9. The zero-order valence-corrected chi connectivity index (χ0v) is 16.5. The van der Waals surface area contributed by atoms with E-state index < -0.39 is 0 Å². The minimum absolute atomic E-state index is 0.0752. The van der Waals surface area contributed by atoms with Crippen LogP contribution < -0.4 is 15.8 Å². The van der Waals surface area contributed by atoms with Crippen LogP contribution >= 0.6 is 11.3 Å². The summed E-state index contributed by atoms with van der Waals surface area (Å²) in [6, 6.07) is 8.07. The maximum Gasteiger partial charge on any atom is 0.270 e. The van der Waals surface area contributed by atoms with E-state index in [0.717, 1.165) is 29.4 Å². The number of benzene rings is 1. The van der Waals surface area contributed by atoms with Crippen LogP contribution in [0.5, 0.6) is 5.75 Å². The third-order valence-electron chi connectivity index (χ3n) is 4.33. The molecular weight excluding hydrogens is 348 g/mol. The van der Waals surface area contributed by atoms with Crippen molar-refractivity contribution in [3.05, 3.63) is 45.9 Å². The molecule has 0 aliphatic heterocycles. The van der Waals surface area contributed by atoms with E-state index in [2.05, 4.69) is 35.1 Å². The van der Waals surface area contributed by atoms with E-state index in [9.17, 15) is 4.79 Å². The summed E-state index contributed by atoms with van der Waals surface area (Å²) in [5.74, 6) is 0.668. The van der Waals surface area contributed by atoms with Gasteiger partial charge >= 0.3 is 0 Å². The highest BCUT2D eigenvalue weighted by molar-refractivity contribution is 7.09. The second-order valence-electron chi connectivity index (χ2n) is 5.89. The topological polar surface area (TPSA) is 80.5 Å². The van der Waals surface area contributed by atoms with Crippen molar-refractivity contribution in [2.45, 2.75) is 26.3 Å². The molecule has 0 spiro atoms. The maximum absolute atomic E-state index is 12.5. The van der Waals surface area contributed by atoms with Crippen LogP contribution in [-0.4, -0.2) is 49.1 Å². The number of aromatic nitrogens is 1. The Morgan fingerprint density at radius 1 is 1.38 bits per heavy atom.